The lowest BCUT2D eigenvalue weighted by Crippen LogP contribution is -2.32. The number of hydrogen-bond donors (Lipinski definition) is 1. The second-order valence-electron chi connectivity index (χ2n) is 4.49. The van der Waals surface area contributed by atoms with Gasteiger partial charge in [-0.25, -0.2) is 4.39 Å². The van der Waals surface area contributed by atoms with Crippen LogP contribution in [0.3, 0.4) is 0 Å². The maximum absolute atomic E-state index is 13.9. The predicted octanol–water partition coefficient (Wildman–Crippen LogP) is 1.44. The molecule has 1 saturated heterocycles. The van der Waals surface area contributed by atoms with Crippen molar-refractivity contribution in [1.29, 1.82) is 0 Å². The first-order valence-corrected chi connectivity index (χ1v) is 6.03. The quantitative estimate of drug-likeness (QED) is 0.917. The van der Waals surface area contributed by atoms with Crippen molar-refractivity contribution in [2.24, 2.45) is 5.73 Å². The van der Waals surface area contributed by atoms with Gasteiger partial charge in [0, 0.05) is 25.2 Å². The minimum Gasteiger partial charge on any atom is -0.493 e. The Kier molecular flexibility index (Phi) is 5.59. The molecule has 0 radical (unpaired) electrons. The molecule has 0 bridgehead atoms. The largest absolute Gasteiger partial charge is 0.493 e. The summed E-state index contributed by atoms with van der Waals surface area (Å²) in [6, 6.07) is 2.48. The number of nitrogens with two attached hydrogens (primary N) is 1. The monoisotopic (exact) mass is 304 g/mol. The fraction of sp³-hybridized carbons (Fsp3) is 0.462. The average Bonchev–Trinajstić information content (AvgIpc) is 2.84. The Morgan fingerprint density at radius 2 is 1.95 bits per heavy atom. The number of likely N-dealkylation sites (tertiary alicyclic amines) is 1. The minimum atomic E-state index is -0.622. The molecule has 0 spiro atoms. The maximum Gasteiger partial charge on any atom is 0.257 e. The lowest BCUT2D eigenvalue weighted by molar-refractivity contribution is 0.0785. The predicted molar refractivity (Wildman–Crippen MR) is 75.2 cm³/mol. The summed E-state index contributed by atoms with van der Waals surface area (Å²) in [6.07, 6.45) is 0.737. The molecule has 7 heteroatoms. The van der Waals surface area contributed by atoms with Crippen molar-refractivity contribution >= 4 is 18.3 Å². The van der Waals surface area contributed by atoms with E-state index in [0.29, 0.717) is 18.8 Å². The Balaban J connectivity index is 0.00000200. The number of carbonyl (C=O) groups is 1. The minimum absolute atomic E-state index is 0. The first-order valence-electron chi connectivity index (χ1n) is 6.03. The van der Waals surface area contributed by atoms with E-state index in [1.165, 1.54) is 20.3 Å². The summed E-state index contributed by atoms with van der Waals surface area (Å²) < 4.78 is 24.0. The van der Waals surface area contributed by atoms with Gasteiger partial charge in [0.2, 0.25) is 0 Å². The van der Waals surface area contributed by atoms with Gasteiger partial charge < -0.3 is 20.1 Å². The smallest absolute Gasteiger partial charge is 0.257 e. The number of methoxy groups -OCH3 is 2. The van der Waals surface area contributed by atoms with Crippen LogP contribution in [0.1, 0.15) is 16.8 Å². The first kappa shape index (κ1) is 16.5. The Hall–Kier alpha value is -1.53. The van der Waals surface area contributed by atoms with Gasteiger partial charge in [-0.2, -0.15) is 0 Å². The van der Waals surface area contributed by atoms with E-state index in [-0.39, 0.29) is 35.7 Å². The molecule has 112 valence electrons. The highest BCUT2D eigenvalue weighted by atomic mass is 35.5. The number of benzene rings is 1. The fourth-order valence-corrected chi connectivity index (χ4v) is 2.16. The molecule has 2 N–H and O–H groups in total. The van der Waals surface area contributed by atoms with Gasteiger partial charge in [0.15, 0.2) is 11.5 Å². The van der Waals surface area contributed by atoms with E-state index in [1.54, 1.807) is 4.90 Å². The third-order valence-corrected chi connectivity index (χ3v) is 3.22. The summed E-state index contributed by atoms with van der Waals surface area (Å²) in [7, 11) is 2.86. The van der Waals surface area contributed by atoms with E-state index in [0.717, 1.165) is 12.5 Å². The van der Waals surface area contributed by atoms with E-state index >= 15 is 0 Å². The van der Waals surface area contributed by atoms with Crippen molar-refractivity contribution in [3.8, 4) is 11.5 Å². The third kappa shape index (κ3) is 3.13. The number of carbonyl (C=O) groups excluding carboxylic acids is 1. The lowest BCUT2D eigenvalue weighted by Gasteiger charge is -2.17. The normalized spacial score (nSPS) is 17.6. The van der Waals surface area contributed by atoms with E-state index in [1.807, 2.05) is 0 Å². The number of halogens is 2. The van der Waals surface area contributed by atoms with Crippen molar-refractivity contribution < 1.29 is 18.7 Å². The molecule has 1 fully saturated rings. The van der Waals surface area contributed by atoms with Crippen LogP contribution in [0.15, 0.2) is 12.1 Å². The van der Waals surface area contributed by atoms with Gasteiger partial charge in [-0.05, 0) is 12.5 Å². The van der Waals surface area contributed by atoms with Gasteiger partial charge in [-0.1, -0.05) is 0 Å². The summed E-state index contributed by atoms with van der Waals surface area (Å²) >= 11 is 0. The van der Waals surface area contributed by atoms with Gasteiger partial charge in [-0.3, -0.25) is 4.79 Å². The van der Waals surface area contributed by atoms with Crippen LogP contribution < -0.4 is 15.2 Å². The summed E-state index contributed by atoms with van der Waals surface area (Å²) in [5.74, 6) is -0.403. The molecule has 1 aliphatic heterocycles. The van der Waals surface area contributed by atoms with Crippen LogP contribution in [-0.2, 0) is 0 Å². The second kappa shape index (κ2) is 6.76. The van der Waals surface area contributed by atoms with Gasteiger partial charge >= 0.3 is 0 Å². The maximum atomic E-state index is 13.9. The van der Waals surface area contributed by atoms with Crippen LogP contribution in [0, 0.1) is 5.82 Å². The summed E-state index contributed by atoms with van der Waals surface area (Å²) in [6.45, 7) is 1.00. The molecule has 1 aliphatic rings. The standard InChI is InChI=1S/C13H17FN2O3.ClH/c1-18-11-5-9(10(14)6-12(11)19-2)13(17)16-4-3-8(15)7-16;/h5-6,8H,3-4,7,15H2,1-2H3;1H/t8-;/m1./s1. The number of rotatable bonds is 3. The van der Waals surface area contributed by atoms with E-state index in [2.05, 4.69) is 0 Å². The summed E-state index contributed by atoms with van der Waals surface area (Å²) in [5.41, 5.74) is 5.73. The molecule has 0 aromatic heterocycles. The topological polar surface area (TPSA) is 64.8 Å². The molecule has 2 rings (SSSR count). The highest BCUT2D eigenvalue weighted by Crippen LogP contribution is 2.30. The molecule has 1 aromatic rings. The molecule has 5 nitrogen and oxygen atoms in total. The van der Waals surface area contributed by atoms with Crippen molar-refractivity contribution in [3.63, 3.8) is 0 Å². The van der Waals surface area contributed by atoms with Crippen LogP contribution in [0.2, 0.25) is 0 Å². The molecule has 1 amide bonds. The SMILES string of the molecule is COc1cc(F)c(C(=O)N2CC[C@@H](N)C2)cc1OC.Cl. The molecule has 1 heterocycles. The number of hydrogen-bond acceptors (Lipinski definition) is 4. The van der Waals surface area contributed by atoms with Crippen molar-refractivity contribution in [2.75, 3.05) is 27.3 Å². The highest BCUT2D eigenvalue weighted by molar-refractivity contribution is 5.95. The first-order chi connectivity index (χ1) is 9.06. The molecule has 1 aromatic carbocycles. The van der Waals surface area contributed by atoms with E-state index in [9.17, 15) is 9.18 Å². The van der Waals surface area contributed by atoms with Gasteiger partial charge in [0.1, 0.15) is 5.82 Å². The zero-order chi connectivity index (χ0) is 14.0. The average molecular weight is 305 g/mol. The number of nitrogens with zero attached hydrogens (tertiary/aromatic N) is 1. The van der Waals surface area contributed by atoms with Crippen LogP contribution in [-0.4, -0.2) is 44.2 Å². The molecule has 0 unspecified atom stereocenters. The van der Waals surface area contributed by atoms with Gasteiger partial charge in [0.05, 0.1) is 19.8 Å². The molecular formula is C13H18ClFN2O3. The number of ether oxygens (including phenoxy) is 2. The molecule has 0 saturated carbocycles. The second-order valence-corrected chi connectivity index (χ2v) is 4.49. The Morgan fingerprint density at radius 1 is 1.35 bits per heavy atom. The van der Waals surface area contributed by atoms with Crippen LogP contribution in [0.4, 0.5) is 4.39 Å². The van der Waals surface area contributed by atoms with E-state index in [4.69, 9.17) is 15.2 Å². The van der Waals surface area contributed by atoms with Gasteiger partial charge in [-0.15, -0.1) is 12.4 Å². The Morgan fingerprint density at radius 3 is 2.45 bits per heavy atom. The molecule has 20 heavy (non-hydrogen) atoms. The Labute approximate surface area is 123 Å². The fourth-order valence-electron chi connectivity index (χ4n) is 2.16. The highest BCUT2D eigenvalue weighted by Gasteiger charge is 2.27. The summed E-state index contributed by atoms with van der Waals surface area (Å²) in [4.78, 5) is 13.8. The van der Waals surface area contributed by atoms with Crippen LogP contribution in [0.5, 0.6) is 11.5 Å². The number of amides is 1. The summed E-state index contributed by atoms with van der Waals surface area (Å²) in [5, 5.41) is 0. The van der Waals surface area contributed by atoms with Gasteiger partial charge in [0.25, 0.3) is 5.91 Å². The third-order valence-electron chi connectivity index (χ3n) is 3.22. The Bertz CT molecular complexity index is 499. The molecule has 1 atom stereocenters. The van der Waals surface area contributed by atoms with Crippen molar-refractivity contribution in [2.45, 2.75) is 12.5 Å². The lowest BCUT2D eigenvalue weighted by atomic mass is 10.1. The zero-order valence-electron chi connectivity index (χ0n) is 11.4. The van der Waals surface area contributed by atoms with Crippen molar-refractivity contribution in [3.05, 3.63) is 23.5 Å². The van der Waals surface area contributed by atoms with Crippen molar-refractivity contribution in [1.82, 2.24) is 4.90 Å². The van der Waals surface area contributed by atoms with Crippen LogP contribution in [0.25, 0.3) is 0 Å². The molecular weight excluding hydrogens is 287 g/mol. The van der Waals surface area contributed by atoms with E-state index < -0.39 is 5.82 Å². The zero-order valence-corrected chi connectivity index (χ0v) is 12.2. The molecule has 0 aliphatic carbocycles. The van der Waals surface area contributed by atoms with Crippen LogP contribution >= 0.6 is 12.4 Å².